The Morgan fingerprint density at radius 2 is 2.29 bits per heavy atom. The molecular weight excluding hydrogens is 330 g/mol. The molecule has 24 heavy (non-hydrogen) atoms. The number of carbonyl (C=O) groups is 1. The van der Waals surface area contributed by atoms with Crippen LogP contribution in [0.3, 0.4) is 0 Å². The number of benzene rings is 1. The molecule has 0 bridgehead atoms. The number of nitrogens with zero attached hydrogens (tertiary/aromatic N) is 4. The van der Waals surface area contributed by atoms with Crippen molar-refractivity contribution in [1.82, 2.24) is 20.2 Å². The zero-order chi connectivity index (χ0) is 17.1. The minimum absolute atomic E-state index is 0.375. The van der Waals surface area contributed by atoms with Crippen LogP contribution in [0.15, 0.2) is 35.5 Å². The molecule has 126 valence electrons. The average Bonchev–Trinajstić information content (AvgIpc) is 3.01. The number of halogens is 1. The molecule has 1 N–H and O–H groups in total. The summed E-state index contributed by atoms with van der Waals surface area (Å²) in [6.07, 6.45) is 1.78. The van der Waals surface area contributed by atoms with Crippen LogP contribution in [-0.2, 0) is 9.53 Å². The number of anilines is 1. The van der Waals surface area contributed by atoms with Crippen molar-refractivity contribution in [3.05, 3.63) is 46.1 Å². The Bertz CT molecular complexity index is 786. The first-order valence-corrected chi connectivity index (χ1v) is 8.18. The smallest absolute Gasteiger partial charge is 0.338 e. The molecule has 0 radical (unpaired) electrons. The van der Waals surface area contributed by atoms with E-state index in [0.29, 0.717) is 28.8 Å². The van der Waals surface area contributed by atoms with Gasteiger partial charge in [-0.25, -0.2) is 4.79 Å². The van der Waals surface area contributed by atoms with E-state index in [9.17, 15) is 4.79 Å². The van der Waals surface area contributed by atoms with Gasteiger partial charge in [0.1, 0.15) is 6.04 Å². The first kappa shape index (κ1) is 16.4. The van der Waals surface area contributed by atoms with E-state index in [4.69, 9.17) is 16.3 Å². The van der Waals surface area contributed by atoms with Crippen LogP contribution in [-0.4, -0.2) is 32.8 Å². The lowest BCUT2D eigenvalue weighted by atomic mass is 9.96. The molecule has 0 saturated heterocycles. The van der Waals surface area contributed by atoms with Gasteiger partial charge in [-0.05, 0) is 41.5 Å². The summed E-state index contributed by atoms with van der Waals surface area (Å²) in [5.74, 6) is 0.0992. The fourth-order valence-corrected chi connectivity index (χ4v) is 2.85. The maximum absolute atomic E-state index is 12.6. The van der Waals surface area contributed by atoms with Crippen LogP contribution in [0.1, 0.15) is 38.3 Å². The minimum Gasteiger partial charge on any atom is -0.462 e. The van der Waals surface area contributed by atoms with Crippen molar-refractivity contribution in [1.29, 1.82) is 0 Å². The lowest BCUT2D eigenvalue weighted by molar-refractivity contribution is -0.139. The molecule has 2 aromatic rings. The van der Waals surface area contributed by atoms with Gasteiger partial charge in [0.2, 0.25) is 5.95 Å². The number of allylic oxidation sites excluding steroid dienone is 1. The molecule has 0 fully saturated rings. The molecule has 1 aromatic carbocycles. The first-order valence-electron chi connectivity index (χ1n) is 7.80. The predicted molar refractivity (Wildman–Crippen MR) is 89.6 cm³/mol. The minimum atomic E-state index is -0.482. The summed E-state index contributed by atoms with van der Waals surface area (Å²) in [5.41, 5.74) is 1.97. The molecule has 1 atom stereocenters. The van der Waals surface area contributed by atoms with Crippen molar-refractivity contribution in [3.8, 4) is 0 Å². The molecule has 3 rings (SSSR count). The molecule has 1 aliphatic rings. The van der Waals surface area contributed by atoms with E-state index >= 15 is 0 Å². The molecule has 0 unspecified atom stereocenters. The first-order chi connectivity index (χ1) is 11.6. The van der Waals surface area contributed by atoms with E-state index < -0.39 is 6.04 Å². The van der Waals surface area contributed by atoms with Crippen LogP contribution in [0.2, 0.25) is 5.02 Å². The van der Waals surface area contributed by atoms with Crippen LogP contribution in [0.4, 0.5) is 5.95 Å². The molecule has 0 spiro atoms. The number of esters is 1. The summed E-state index contributed by atoms with van der Waals surface area (Å²) in [4.78, 5) is 12.6. The third kappa shape index (κ3) is 3.12. The number of carbonyl (C=O) groups excluding carboxylic acids is 1. The van der Waals surface area contributed by atoms with Gasteiger partial charge < -0.3 is 10.1 Å². The van der Waals surface area contributed by atoms with Gasteiger partial charge in [-0.2, -0.15) is 4.68 Å². The predicted octanol–water partition coefficient (Wildman–Crippen LogP) is 2.96. The van der Waals surface area contributed by atoms with Gasteiger partial charge in [-0.3, -0.25) is 0 Å². The standard InChI is InChI=1S/C16H18ClN5O2/c1-3-4-8-24-15(23)13-10(2)18-16-19-20-21-22(16)14(13)11-6-5-7-12(17)9-11/h5-7,9,14H,3-4,8H2,1-2H3,(H,18,19,21)/t14-/m0/s1. The van der Waals surface area contributed by atoms with E-state index in [0.717, 1.165) is 18.4 Å². The SMILES string of the molecule is CCCCOC(=O)C1=C(C)Nc2nnnn2[C@H]1c1cccc(Cl)c1. The number of aromatic nitrogens is 4. The topological polar surface area (TPSA) is 81.9 Å². The number of unbranched alkanes of at least 4 members (excludes halogenated alkanes) is 1. The lowest BCUT2D eigenvalue weighted by Crippen LogP contribution is -2.29. The third-order valence-electron chi connectivity index (χ3n) is 3.83. The van der Waals surface area contributed by atoms with Crippen LogP contribution in [0, 0.1) is 0 Å². The van der Waals surface area contributed by atoms with Crippen molar-refractivity contribution in [2.75, 3.05) is 11.9 Å². The van der Waals surface area contributed by atoms with Crippen molar-refractivity contribution >= 4 is 23.5 Å². The van der Waals surface area contributed by atoms with Crippen molar-refractivity contribution in [2.24, 2.45) is 0 Å². The summed E-state index contributed by atoms with van der Waals surface area (Å²) >= 11 is 6.12. The molecule has 0 amide bonds. The Morgan fingerprint density at radius 3 is 3.04 bits per heavy atom. The Hall–Kier alpha value is -2.41. The van der Waals surface area contributed by atoms with Crippen molar-refractivity contribution < 1.29 is 9.53 Å². The summed E-state index contributed by atoms with van der Waals surface area (Å²) in [6, 6.07) is 6.82. The number of rotatable bonds is 5. The quantitative estimate of drug-likeness (QED) is 0.661. The monoisotopic (exact) mass is 347 g/mol. The maximum Gasteiger partial charge on any atom is 0.338 e. The summed E-state index contributed by atoms with van der Waals surface area (Å²) < 4.78 is 6.98. The summed E-state index contributed by atoms with van der Waals surface area (Å²) in [7, 11) is 0. The van der Waals surface area contributed by atoms with Crippen LogP contribution >= 0.6 is 11.6 Å². The number of hydrogen-bond donors (Lipinski definition) is 1. The second-order valence-corrected chi connectivity index (χ2v) is 5.99. The van der Waals surface area contributed by atoms with E-state index in [2.05, 4.69) is 20.8 Å². The van der Waals surface area contributed by atoms with Gasteiger partial charge in [-0.15, -0.1) is 0 Å². The molecule has 2 heterocycles. The van der Waals surface area contributed by atoms with Gasteiger partial charge >= 0.3 is 5.97 Å². The highest BCUT2D eigenvalue weighted by Gasteiger charge is 2.34. The number of ether oxygens (including phenoxy) is 1. The summed E-state index contributed by atoms with van der Waals surface area (Å²) in [6.45, 7) is 4.24. The highest BCUT2D eigenvalue weighted by molar-refractivity contribution is 6.30. The van der Waals surface area contributed by atoms with Crippen LogP contribution in [0.25, 0.3) is 0 Å². The third-order valence-corrected chi connectivity index (χ3v) is 4.06. The number of fused-ring (bicyclic) bond motifs is 1. The van der Waals surface area contributed by atoms with Gasteiger partial charge in [0, 0.05) is 10.7 Å². The second kappa shape index (κ2) is 7.00. The molecular formula is C16H18ClN5O2. The van der Waals surface area contributed by atoms with Crippen LogP contribution in [0.5, 0.6) is 0 Å². The largest absolute Gasteiger partial charge is 0.462 e. The zero-order valence-electron chi connectivity index (χ0n) is 13.5. The molecule has 1 aliphatic heterocycles. The van der Waals surface area contributed by atoms with Crippen molar-refractivity contribution in [3.63, 3.8) is 0 Å². The molecule has 8 heteroatoms. The molecule has 0 aliphatic carbocycles. The normalized spacial score (nSPS) is 16.5. The van der Waals surface area contributed by atoms with Crippen LogP contribution < -0.4 is 5.32 Å². The van der Waals surface area contributed by atoms with E-state index in [-0.39, 0.29) is 5.97 Å². The fourth-order valence-electron chi connectivity index (χ4n) is 2.65. The van der Waals surface area contributed by atoms with Gasteiger partial charge in [-0.1, -0.05) is 42.2 Å². The Kier molecular flexibility index (Phi) is 4.80. The maximum atomic E-state index is 12.6. The highest BCUT2D eigenvalue weighted by atomic mass is 35.5. The lowest BCUT2D eigenvalue weighted by Gasteiger charge is -2.27. The zero-order valence-corrected chi connectivity index (χ0v) is 14.2. The number of nitrogens with one attached hydrogen (secondary N) is 1. The van der Waals surface area contributed by atoms with Gasteiger partial charge in [0.25, 0.3) is 0 Å². The average molecular weight is 348 g/mol. The van der Waals surface area contributed by atoms with E-state index in [1.807, 2.05) is 26.0 Å². The fraction of sp³-hybridized carbons (Fsp3) is 0.375. The van der Waals surface area contributed by atoms with E-state index in [1.165, 1.54) is 0 Å². The number of tetrazole rings is 1. The molecule has 0 saturated carbocycles. The highest BCUT2D eigenvalue weighted by Crippen LogP contribution is 2.35. The van der Waals surface area contributed by atoms with Crippen molar-refractivity contribution in [2.45, 2.75) is 32.7 Å². The van der Waals surface area contributed by atoms with Gasteiger partial charge in [0.15, 0.2) is 0 Å². The number of hydrogen-bond acceptors (Lipinski definition) is 6. The summed E-state index contributed by atoms with van der Waals surface area (Å²) in [5, 5.41) is 15.3. The van der Waals surface area contributed by atoms with E-state index in [1.54, 1.807) is 16.8 Å². The Balaban J connectivity index is 2.02. The Morgan fingerprint density at radius 1 is 1.46 bits per heavy atom. The molecule has 7 nitrogen and oxygen atoms in total. The molecule has 1 aromatic heterocycles. The van der Waals surface area contributed by atoms with Gasteiger partial charge in [0.05, 0.1) is 12.2 Å². The Labute approximate surface area is 144 Å². The second-order valence-electron chi connectivity index (χ2n) is 5.56.